The molecular weight excluding hydrogens is 322 g/mol. The number of hydrogen-bond donors (Lipinski definition) is 2. The van der Waals surface area contributed by atoms with Crippen molar-refractivity contribution >= 4 is 17.3 Å². The second kappa shape index (κ2) is 8.79. The molecule has 0 saturated carbocycles. The Kier molecular flexibility index (Phi) is 6.47. The second-order valence-corrected chi connectivity index (χ2v) is 5.39. The minimum atomic E-state index is -0.420. The van der Waals surface area contributed by atoms with E-state index >= 15 is 0 Å². The molecule has 0 atom stereocenters. The van der Waals surface area contributed by atoms with Gasteiger partial charge < -0.3 is 15.4 Å². The summed E-state index contributed by atoms with van der Waals surface area (Å²) in [5.74, 6) is -0.245. The third-order valence-electron chi connectivity index (χ3n) is 3.74. The van der Waals surface area contributed by atoms with Crippen molar-refractivity contribution in [3.63, 3.8) is 0 Å². The minimum absolute atomic E-state index is 0.00324. The number of anilines is 1. The van der Waals surface area contributed by atoms with Crippen molar-refractivity contribution in [2.75, 3.05) is 32.6 Å². The molecule has 7 heteroatoms. The summed E-state index contributed by atoms with van der Waals surface area (Å²) in [5.41, 5.74) is 2.26. The summed E-state index contributed by atoms with van der Waals surface area (Å²) in [6.45, 7) is 1.27. The molecule has 0 aliphatic rings. The zero-order chi connectivity index (χ0) is 18.2. The van der Waals surface area contributed by atoms with Crippen molar-refractivity contribution in [2.24, 2.45) is 0 Å². The predicted octanol–water partition coefficient (Wildman–Crippen LogP) is 3.07. The Morgan fingerprint density at radius 1 is 1.20 bits per heavy atom. The molecule has 0 aromatic heterocycles. The fourth-order valence-electron chi connectivity index (χ4n) is 2.51. The van der Waals surface area contributed by atoms with Gasteiger partial charge in [-0.15, -0.1) is 0 Å². The highest BCUT2D eigenvalue weighted by Gasteiger charge is 2.18. The van der Waals surface area contributed by atoms with Gasteiger partial charge in [-0.2, -0.15) is 0 Å². The van der Waals surface area contributed by atoms with Gasteiger partial charge in [0.05, 0.1) is 10.5 Å². The zero-order valence-electron chi connectivity index (χ0n) is 14.2. The van der Waals surface area contributed by atoms with Crippen molar-refractivity contribution in [3.8, 4) is 11.1 Å². The Balaban J connectivity index is 2.48. The molecule has 1 amide bonds. The van der Waals surface area contributed by atoms with Gasteiger partial charge >= 0.3 is 0 Å². The maximum absolute atomic E-state index is 11.9. The van der Waals surface area contributed by atoms with Gasteiger partial charge in [0.15, 0.2) is 0 Å². The number of para-hydroxylation sites is 1. The molecule has 0 aliphatic carbocycles. The standard InChI is InChI=1S/C18H21N3O4/c1-19-18(22)13-8-9-16(20-10-5-11-25-2)15(12-13)14-6-3-4-7-17(14)21(23)24/h3-4,6-9,12,20H,5,10-11H2,1-2H3,(H,19,22). The van der Waals surface area contributed by atoms with Crippen LogP contribution in [0.2, 0.25) is 0 Å². The van der Waals surface area contributed by atoms with E-state index in [1.54, 1.807) is 50.6 Å². The van der Waals surface area contributed by atoms with E-state index in [1.165, 1.54) is 6.07 Å². The van der Waals surface area contributed by atoms with Crippen LogP contribution in [0.4, 0.5) is 11.4 Å². The van der Waals surface area contributed by atoms with Crippen molar-refractivity contribution in [1.29, 1.82) is 0 Å². The number of nitro benzene ring substituents is 1. The fraction of sp³-hybridized carbons (Fsp3) is 0.278. The molecule has 0 saturated heterocycles. The van der Waals surface area contributed by atoms with Crippen molar-refractivity contribution in [1.82, 2.24) is 5.32 Å². The molecule has 0 unspecified atom stereocenters. The lowest BCUT2D eigenvalue weighted by Gasteiger charge is -2.14. The molecule has 0 bridgehead atoms. The van der Waals surface area contributed by atoms with E-state index in [2.05, 4.69) is 10.6 Å². The average molecular weight is 343 g/mol. The maximum Gasteiger partial charge on any atom is 0.277 e. The molecule has 0 spiro atoms. The van der Waals surface area contributed by atoms with E-state index in [0.717, 1.165) is 12.1 Å². The van der Waals surface area contributed by atoms with Crippen molar-refractivity contribution in [2.45, 2.75) is 6.42 Å². The van der Waals surface area contributed by atoms with E-state index in [0.29, 0.717) is 29.8 Å². The van der Waals surface area contributed by atoms with Crippen LogP contribution in [0.1, 0.15) is 16.8 Å². The number of hydrogen-bond acceptors (Lipinski definition) is 5. The summed E-state index contributed by atoms with van der Waals surface area (Å²) >= 11 is 0. The molecule has 132 valence electrons. The van der Waals surface area contributed by atoms with Crippen LogP contribution in [-0.2, 0) is 4.74 Å². The summed E-state index contributed by atoms with van der Waals surface area (Å²) in [5, 5.41) is 17.2. The Labute approximate surface area is 146 Å². The predicted molar refractivity (Wildman–Crippen MR) is 96.9 cm³/mol. The lowest BCUT2D eigenvalue weighted by atomic mass is 9.99. The lowest BCUT2D eigenvalue weighted by molar-refractivity contribution is -0.384. The summed E-state index contributed by atoms with van der Waals surface area (Å²) in [6.07, 6.45) is 0.796. The summed E-state index contributed by atoms with van der Waals surface area (Å²) in [6, 6.07) is 11.6. The van der Waals surface area contributed by atoms with Gasteiger partial charge in [0, 0.05) is 50.2 Å². The normalized spacial score (nSPS) is 10.3. The fourth-order valence-corrected chi connectivity index (χ4v) is 2.51. The monoisotopic (exact) mass is 343 g/mol. The van der Waals surface area contributed by atoms with Gasteiger partial charge in [0.2, 0.25) is 0 Å². The number of carbonyl (C=O) groups excluding carboxylic acids is 1. The van der Waals surface area contributed by atoms with Gasteiger partial charge in [0.25, 0.3) is 11.6 Å². The number of nitrogens with zero attached hydrogens (tertiary/aromatic N) is 1. The number of nitro groups is 1. The van der Waals surface area contributed by atoms with Crippen molar-refractivity contribution < 1.29 is 14.5 Å². The highest BCUT2D eigenvalue weighted by atomic mass is 16.6. The number of carbonyl (C=O) groups is 1. The van der Waals surface area contributed by atoms with Gasteiger partial charge in [0.1, 0.15) is 0 Å². The van der Waals surface area contributed by atoms with Gasteiger partial charge in [-0.1, -0.05) is 12.1 Å². The lowest BCUT2D eigenvalue weighted by Crippen LogP contribution is -2.18. The highest BCUT2D eigenvalue weighted by molar-refractivity contribution is 5.97. The number of amides is 1. The largest absolute Gasteiger partial charge is 0.385 e. The van der Waals surface area contributed by atoms with Crippen LogP contribution in [0.25, 0.3) is 11.1 Å². The topological polar surface area (TPSA) is 93.5 Å². The Hall–Kier alpha value is -2.93. The minimum Gasteiger partial charge on any atom is -0.385 e. The number of ether oxygens (including phenoxy) is 1. The molecule has 2 N–H and O–H groups in total. The molecule has 2 rings (SSSR count). The Morgan fingerprint density at radius 2 is 1.96 bits per heavy atom. The van der Waals surface area contributed by atoms with E-state index in [1.807, 2.05) is 0 Å². The van der Waals surface area contributed by atoms with E-state index < -0.39 is 4.92 Å². The third-order valence-corrected chi connectivity index (χ3v) is 3.74. The van der Waals surface area contributed by atoms with Crippen LogP contribution in [0.15, 0.2) is 42.5 Å². The first-order chi connectivity index (χ1) is 12.1. The van der Waals surface area contributed by atoms with E-state index in [9.17, 15) is 14.9 Å². The maximum atomic E-state index is 11.9. The molecule has 2 aromatic carbocycles. The molecule has 0 radical (unpaired) electrons. The van der Waals surface area contributed by atoms with Crippen molar-refractivity contribution in [3.05, 3.63) is 58.1 Å². The third kappa shape index (κ3) is 4.54. The quantitative estimate of drug-likeness (QED) is 0.436. The van der Waals surface area contributed by atoms with Gasteiger partial charge in [-0.05, 0) is 30.7 Å². The van der Waals surface area contributed by atoms with Gasteiger partial charge in [-0.25, -0.2) is 0 Å². The molecule has 25 heavy (non-hydrogen) atoms. The SMILES string of the molecule is CNC(=O)c1ccc(NCCCOC)c(-c2ccccc2[N+](=O)[O-])c1. The first-order valence-electron chi connectivity index (χ1n) is 7.91. The average Bonchev–Trinajstić information content (AvgIpc) is 2.64. The first kappa shape index (κ1) is 18.4. The number of benzene rings is 2. The van der Waals surface area contributed by atoms with Crippen LogP contribution in [0.5, 0.6) is 0 Å². The van der Waals surface area contributed by atoms with Crippen LogP contribution in [0.3, 0.4) is 0 Å². The molecule has 0 aliphatic heterocycles. The molecule has 7 nitrogen and oxygen atoms in total. The second-order valence-electron chi connectivity index (χ2n) is 5.39. The van der Waals surface area contributed by atoms with E-state index in [4.69, 9.17) is 4.74 Å². The molecule has 0 fully saturated rings. The zero-order valence-corrected chi connectivity index (χ0v) is 14.2. The number of nitrogens with one attached hydrogen (secondary N) is 2. The molecule has 0 heterocycles. The Morgan fingerprint density at radius 3 is 2.64 bits per heavy atom. The molecular formula is C18H21N3O4. The van der Waals surface area contributed by atoms with Crippen LogP contribution >= 0.6 is 0 Å². The van der Waals surface area contributed by atoms with Crippen LogP contribution in [-0.4, -0.2) is 38.1 Å². The Bertz CT molecular complexity index is 762. The molecule has 2 aromatic rings. The first-order valence-corrected chi connectivity index (χ1v) is 7.91. The van der Waals surface area contributed by atoms with Crippen LogP contribution in [0, 0.1) is 10.1 Å². The van der Waals surface area contributed by atoms with E-state index in [-0.39, 0.29) is 11.6 Å². The highest BCUT2D eigenvalue weighted by Crippen LogP contribution is 2.35. The van der Waals surface area contributed by atoms with Crippen LogP contribution < -0.4 is 10.6 Å². The van der Waals surface area contributed by atoms with Gasteiger partial charge in [-0.3, -0.25) is 14.9 Å². The summed E-state index contributed by atoms with van der Waals surface area (Å²) in [7, 11) is 3.18. The number of methoxy groups -OCH3 is 1. The summed E-state index contributed by atoms with van der Waals surface area (Å²) in [4.78, 5) is 22.9. The summed E-state index contributed by atoms with van der Waals surface area (Å²) < 4.78 is 5.03. The number of rotatable bonds is 8. The smallest absolute Gasteiger partial charge is 0.277 e.